The van der Waals surface area contributed by atoms with Crippen molar-refractivity contribution in [3.05, 3.63) is 122 Å². The Morgan fingerprint density at radius 3 is 1.05 bits per heavy atom. The van der Waals surface area contributed by atoms with E-state index >= 15 is 0 Å². The van der Waals surface area contributed by atoms with Gasteiger partial charge >= 0.3 is 17.9 Å². The van der Waals surface area contributed by atoms with Crippen LogP contribution in [0.2, 0.25) is 0 Å². The minimum absolute atomic E-state index is 0.135. The number of ether oxygens (including phenoxy) is 3. The Hall–Kier alpha value is -4.19. The van der Waals surface area contributed by atoms with Crippen LogP contribution in [0.5, 0.6) is 0 Å². The first-order valence-electron chi connectivity index (χ1n) is 23.5. The monoisotopic (exact) mass is 829 g/mol. The molecule has 0 aliphatic carbocycles. The van der Waals surface area contributed by atoms with Gasteiger partial charge < -0.3 is 14.2 Å². The lowest BCUT2D eigenvalue weighted by atomic mass is 10.1. The number of unbranched alkanes of at least 4 members (excludes halogenated alkanes) is 9. The van der Waals surface area contributed by atoms with Crippen LogP contribution in [0, 0.1) is 0 Å². The molecule has 0 rings (SSSR count). The number of esters is 3. The van der Waals surface area contributed by atoms with Gasteiger partial charge in [-0.15, -0.1) is 0 Å². The number of carbonyl (C=O) groups is 3. The van der Waals surface area contributed by atoms with Crippen molar-refractivity contribution in [2.24, 2.45) is 0 Å². The third-order valence-corrected chi connectivity index (χ3v) is 9.18. The van der Waals surface area contributed by atoms with Gasteiger partial charge in [-0.25, -0.2) is 0 Å². The highest BCUT2D eigenvalue weighted by molar-refractivity contribution is 5.71. The molecule has 0 aromatic heterocycles. The van der Waals surface area contributed by atoms with Crippen LogP contribution >= 0.6 is 0 Å². The van der Waals surface area contributed by atoms with Gasteiger partial charge in [0, 0.05) is 19.3 Å². The normalized spacial score (nSPS) is 13.2. The van der Waals surface area contributed by atoms with Gasteiger partial charge in [0.05, 0.1) is 0 Å². The number of hydrogen-bond acceptors (Lipinski definition) is 6. The Morgan fingerprint density at radius 1 is 0.350 bits per heavy atom. The molecule has 0 aliphatic rings. The molecule has 0 spiro atoms. The molecule has 0 N–H and O–H groups in total. The first-order chi connectivity index (χ1) is 29.5. The number of carbonyl (C=O) groups excluding carboxylic acids is 3. The van der Waals surface area contributed by atoms with Gasteiger partial charge in [0.25, 0.3) is 0 Å². The largest absolute Gasteiger partial charge is 0.462 e. The molecule has 336 valence electrons. The lowest BCUT2D eigenvalue weighted by Crippen LogP contribution is -2.30. The highest BCUT2D eigenvalue weighted by atomic mass is 16.6. The van der Waals surface area contributed by atoms with E-state index in [9.17, 15) is 14.4 Å². The van der Waals surface area contributed by atoms with E-state index < -0.39 is 6.10 Å². The van der Waals surface area contributed by atoms with Crippen LogP contribution in [-0.4, -0.2) is 37.2 Å². The summed E-state index contributed by atoms with van der Waals surface area (Å²) in [6.07, 6.45) is 64.8. The molecule has 60 heavy (non-hydrogen) atoms. The molecule has 0 amide bonds. The first kappa shape index (κ1) is 55.8. The predicted molar refractivity (Wildman–Crippen MR) is 256 cm³/mol. The standard InChI is InChI=1S/C54H84O6/c1-4-7-10-13-16-19-22-24-26-27-28-30-32-35-38-41-44-47-53(56)59-50-51(49-58-52(55)46-43-40-37-34-31-21-18-15-12-9-6-3)60-54(57)48-45-42-39-36-33-29-25-23-20-17-14-11-8-5-2/h8-9,11-12,16-21,24-26,28-30,34-35,37-38,51H,4-7,10,13-15,22-23,27,31-33,36,39-50H2,1-3H3/b11-8-,12-9-,19-16-,20-17-,21-18-,26-24-,29-25-,30-28-,37-34-,38-35-. The summed E-state index contributed by atoms with van der Waals surface area (Å²) >= 11 is 0. The van der Waals surface area contributed by atoms with E-state index in [1.165, 1.54) is 25.7 Å². The molecule has 6 heteroatoms. The lowest BCUT2D eigenvalue weighted by Gasteiger charge is -2.18. The zero-order chi connectivity index (χ0) is 43.7. The first-order valence-corrected chi connectivity index (χ1v) is 23.5. The van der Waals surface area contributed by atoms with E-state index in [0.29, 0.717) is 12.8 Å². The molecule has 0 bridgehead atoms. The zero-order valence-electron chi connectivity index (χ0n) is 38.2. The highest BCUT2D eigenvalue weighted by Crippen LogP contribution is 2.10. The van der Waals surface area contributed by atoms with Gasteiger partial charge in [-0.2, -0.15) is 0 Å². The molecule has 1 unspecified atom stereocenters. The summed E-state index contributed by atoms with van der Waals surface area (Å²) in [6, 6.07) is 0. The minimum atomic E-state index is -0.834. The van der Waals surface area contributed by atoms with E-state index in [1.54, 1.807) is 0 Å². The summed E-state index contributed by atoms with van der Waals surface area (Å²) < 4.78 is 16.6. The molecule has 0 saturated carbocycles. The Bertz CT molecular complexity index is 1320. The van der Waals surface area contributed by atoms with Crippen LogP contribution in [0.1, 0.15) is 181 Å². The third-order valence-electron chi connectivity index (χ3n) is 9.18. The van der Waals surface area contributed by atoms with Crippen LogP contribution in [0.4, 0.5) is 0 Å². The maximum atomic E-state index is 12.7. The third kappa shape index (κ3) is 44.9. The van der Waals surface area contributed by atoms with Crippen molar-refractivity contribution < 1.29 is 28.6 Å². The Kier molecular flexibility index (Phi) is 44.2. The number of allylic oxidation sites excluding steroid dienone is 20. The molecule has 6 nitrogen and oxygen atoms in total. The molecule has 0 aliphatic heterocycles. The quantitative estimate of drug-likeness (QED) is 0.0265. The van der Waals surface area contributed by atoms with Gasteiger partial charge in [-0.1, -0.05) is 168 Å². The fourth-order valence-corrected chi connectivity index (χ4v) is 5.70. The number of hydrogen-bond donors (Lipinski definition) is 0. The van der Waals surface area contributed by atoms with E-state index in [-0.39, 0.29) is 50.4 Å². The van der Waals surface area contributed by atoms with Crippen molar-refractivity contribution in [1.82, 2.24) is 0 Å². The molecular weight excluding hydrogens is 745 g/mol. The van der Waals surface area contributed by atoms with Crippen LogP contribution < -0.4 is 0 Å². The Morgan fingerprint density at radius 2 is 0.667 bits per heavy atom. The highest BCUT2D eigenvalue weighted by Gasteiger charge is 2.19. The predicted octanol–water partition coefficient (Wildman–Crippen LogP) is 15.4. The molecule has 1 atom stereocenters. The second kappa shape index (κ2) is 47.5. The van der Waals surface area contributed by atoms with Gasteiger partial charge in [0.1, 0.15) is 13.2 Å². The summed E-state index contributed by atoms with van der Waals surface area (Å²) in [5.41, 5.74) is 0. The van der Waals surface area contributed by atoms with Crippen LogP contribution in [0.15, 0.2) is 122 Å². The summed E-state index contributed by atoms with van der Waals surface area (Å²) in [7, 11) is 0. The van der Waals surface area contributed by atoms with Crippen molar-refractivity contribution in [3.63, 3.8) is 0 Å². The summed E-state index contributed by atoms with van der Waals surface area (Å²) in [4.78, 5) is 37.8. The SMILES string of the molecule is CC/C=C\C/C=C\C/C=C\CCCCCCC(=O)OC(COC(=O)CCC/C=C\C/C=C\C/C=C\CC)COC(=O)CCC/C=C\C/C=C\C/C=C\C/C=C\CCCCC. The average Bonchev–Trinajstić information content (AvgIpc) is 3.24. The molecule has 0 aromatic rings. The lowest BCUT2D eigenvalue weighted by molar-refractivity contribution is -0.167. The summed E-state index contributed by atoms with van der Waals surface area (Å²) in [5, 5.41) is 0. The van der Waals surface area contributed by atoms with E-state index in [0.717, 1.165) is 103 Å². The van der Waals surface area contributed by atoms with Gasteiger partial charge in [-0.3, -0.25) is 14.4 Å². The Balaban J connectivity index is 4.58. The average molecular weight is 829 g/mol. The van der Waals surface area contributed by atoms with Gasteiger partial charge in [0.15, 0.2) is 6.10 Å². The minimum Gasteiger partial charge on any atom is -0.462 e. The second-order valence-electron chi connectivity index (χ2n) is 14.9. The molecule has 0 fully saturated rings. The van der Waals surface area contributed by atoms with Crippen molar-refractivity contribution in [2.75, 3.05) is 13.2 Å². The molecule has 0 aromatic carbocycles. The van der Waals surface area contributed by atoms with Crippen LogP contribution in [0.25, 0.3) is 0 Å². The van der Waals surface area contributed by atoms with Crippen molar-refractivity contribution >= 4 is 17.9 Å². The molecular formula is C54H84O6. The maximum Gasteiger partial charge on any atom is 0.306 e. The summed E-state index contributed by atoms with van der Waals surface area (Å²) in [6.45, 7) is 6.23. The van der Waals surface area contributed by atoms with Crippen LogP contribution in [0.3, 0.4) is 0 Å². The van der Waals surface area contributed by atoms with E-state index in [1.807, 2.05) is 0 Å². The second-order valence-corrected chi connectivity index (χ2v) is 14.9. The van der Waals surface area contributed by atoms with Crippen molar-refractivity contribution in [3.8, 4) is 0 Å². The van der Waals surface area contributed by atoms with Crippen molar-refractivity contribution in [1.29, 1.82) is 0 Å². The molecule has 0 saturated heterocycles. The van der Waals surface area contributed by atoms with Gasteiger partial charge in [-0.05, 0) is 116 Å². The van der Waals surface area contributed by atoms with E-state index in [2.05, 4.69) is 142 Å². The zero-order valence-corrected chi connectivity index (χ0v) is 38.2. The number of rotatable bonds is 40. The van der Waals surface area contributed by atoms with Gasteiger partial charge in [0.2, 0.25) is 0 Å². The molecule has 0 radical (unpaired) electrons. The van der Waals surface area contributed by atoms with Crippen LogP contribution in [-0.2, 0) is 28.6 Å². The summed E-state index contributed by atoms with van der Waals surface area (Å²) in [5.74, 6) is -1.08. The topological polar surface area (TPSA) is 78.9 Å². The van der Waals surface area contributed by atoms with E-state index in [4.69, 9.17) is 14.2 Å². The van der Waals surface area contributed by atoms with Crippen molar-refractivity contribution in [2.45, 2.75) is 187 Å². The fraction of sp³-hybridized carbons (Fsp3) is 0.574. The smallest absolute Gasteiger partial charge is 0.306 e. The molecule has 0 heterocycles. The fourth-order valence-electron chi connectivity index (χ4n) is 5.70. The Labute approximate surface area is 367 Å². The maximum absolute atomic E-state index is 12.7.